The van der Waals surface area contributed by atoms with Gasteiger partial charge in [-0.05, 0) is 83.1 Å². The Morgan fingerprint density at radius 2 is 1.79 bits per heavy atom. The lowest BCUT2D eigenvalue weighted by atomic mass is 9.62. The van der Waals surface area contributed by atoms with Crippen LogP contribution in [0.15, 0.2) is 49.6 Å². The summed E-state index contributed by atoms with van der Waals surface area (Å²) in [5, 5.41) is 9.47. The van der Waals surface area contributed by atoms with Crippen molar-refractivity contribution >= 4 is 29.2 Å². The van der Waals surface area contributed by atoms with Crippen molar-refractivity contribution in [2.75, 3.05) is 49.2 Å². The highest BCUT2D eigenvalue weighted by Gasteiger charge is 2.80. The van der Waals surface area contributed by atoms with Crippen LogP contribution in [0, 0.1) is 17.8 Å². The Morgan fingerprint density at radius 3 is 2.40 bits per heavy atom. The molecule has 43 heavy (non-hydrogen) atoms. The topological polar surface area (TPSA) is 99.6 Å². The molecule has 3 fully saturated rings. The first kappa shape index (κ1) is 32.7. The molecule has 1 aromatic rings. The van der Waals surface area contributed by atoms with E-state index in [0.717, 1.165) is 25.2 Å². The highest BCUT2D eigenvalue weighted by Crippen LogP contribution is 2.65. The molecule has 6 atom stereocenters. The first-order valence-electron chi connectivity index (χ1n) is 15.8. The number of carbonyl (C=O) groups is 3. The molecule has 0 aromatic heterocycles. The Hall–Kier alpha value is -3.17. The summed E-state index contributed by atoms with van der Waals surface area (Å²) in [6.07, 6.45) is 6.33. The van der Waals surface area contributed by atoms with Crippen LogP contribution < -0.4 is 9.80 Å². The molecular weight excluding hydrogens is 546 g/mol. The summed E-state index contributed by atoms with van der Waals surface area (Å²) in [6.45, 7) is 18.2. The van der Waals surface area contributed by atoms with Crippen molar-refractivity contribution < 1.29 is 29.0 Å². The van der Waals surface area contributed by atoms with Crippen LogP contribution in [-0.4, -0.2) is 84.4 Å². The van der Waals surface area contributed by atoms with Crippen molar-refractivity contribution in [3.05, 3.63) is 49.6 Å². The molecule has 9 nitrogen and oxygen atoms in total. The van der Waals surface area contributed by atoms with E-state index in [0.29, 0.717) is 31.4 Å². The quantitative estimate of drug-likeness (QED) is 0.172. The number of nitrogens with zero attached hydrogens (tertiary/aromatic N) is 3. The van der Waals surface area contributed by atoms with Gasteiger partial charge in [0.1, 0.15) is 17.6 Å². The van der Waals surface area contributed by atoms with E-state index in [1.807, 2.05) is 38.1 Å². The Kier molecular flexibility index (Phi) is 10.4. The van der Waals surface area contributed by atoms with E-state index in [-0.39, 0.29) is 44.0 Å². The van der Waals surface area contributed by atoms with Gasteiger partial charge in [-0.25, -0.2) is 0 Å². The van der Waals surface area contributed by atoms with E-state index in [4.69, 9.17) is 9.47 Å². The van der Waals surface area contributed by atoms with E-state index in [9.17, 15) is 19.5 Å². The molecule has 236 valence electrons. The number of ether oxygens (including phenoxy) is 2. The van der Waals surface area contributed by atoms with Crippen LogP contribution in [-0.2, 0) is 23.9 Å². The summed E-state index contributed by atoms with van der Waals surface area (Å²) in [6, 6.07) is 6.94. The normalized spacial score (nSPS) is 29.0. The lowest BCUT2D eigenvalue weighted by Gasteiger charge is -2.37. The number of allylic oxidation sites excluding steroid dienone is 1. The van der Waals surface area contributed by atoms with Gasteiger partial charge in [0.2, 0.25) is 5.91 Å². The minimum atomic E-state index is -1.16. The van der Waals surface area contributed by atoms with Gasteiger partial charge in [-0.3, -0.25) is 14.4 Å². The predicted molar refractivity (Wildman–Crippen MR) is 168 cm³/mol. The fourth-order valence-corrected chi connectivity index (χ4v) is 7.53. The zero-order valence-electron chi connectivity index (χ0n) is 26.3. The Labute approximate surface area is 256 Å². The largest absolute Gasteiger partial charge is 0.465 e. The fourth-order valence-electron chi connectivity index (χ4n) is 7.53. The average Bonchev–Trinajstić information content (AvgIpc) is 3.51. The smallest absolute Gasteiger partial charge is 0.312 e. The second-order valence-corrected chi connectivity index (χ2v) is 12.2. The molecule has 4 rings (SSSR count). The van der Waals surface area contributed by atoms with Gasteiger partial charge in [-0.1, -0.05) is 19.1 Å². The van der Waals surface area contributed by atoms with Gasteiger partial charge in [0.05, 0.1) is 18.1 Å². The van der Waals surface area contributed by atoms with Crippen LogP contribution in [0.4, 0.5) is 11.4 Å². The lowest BCUT2D eigenvalue weighted by molar-refractivity contribution is -0.161. The Balaban J connectivity index is 1.73. The molecule has 0 radical (unpaired) electrons. The van der Waals surface area contributed by atoms with Gasteiger partial charge in [0.15, 0.2) is 0 Å². The molecule has 3 unspecified atom stereocenters. The molecule has 2 amide bonds. The van der Waals surface area contributed by atoms with Crippen LogP contribution >= 0.6 is 0 Å². The second-order valence-electron chi connectivity index (χ2n) is 12.2. The summed E-state index contributed by atoms with van der Waals surface area (Å²) in [4.78, 5) is 48.2. The third-order valence-corrected chi connectivity index (χ3v) is 9.77. The summed E-state index contributed by atoms with van der Waals surface area (Å²) >= 11 is 0. The molecule has 0 aliphatic carbocycles. The van der Waals surface area contributed by atoms with Crippen molar-refractivity contribution in [3.8, 4) is 0 Å². The lowest BCUT2D eigenvalue weighted by Crippen LogP contribution is -2.57. The third kappa shape index (κ3) is 5.74. The minimum Gasteiger partial charge on any atom is -0.465 e. The van der Waals surface area contributed by atoms with E-state index >= 15 is 0 Å². The summed E-state index contributed by atoms with van der Waals surface area (Å²) in [7, 11) is 0. The molecule has 1 N–H and O–H groups in total. The van der Waals surface area contributed by atoms with Gasteiger partial charge >= 0.3 is 5.97 Å². The number of amides is 2. The van der Waals surface area contributed by atoms with Gasteiger partial charge < -0.3 is 29.3 Å². The third-order valence-electron chi connectivity index (χ3n) is 9.77. The molecular formula is C34H49N3O6. The summed E-state index contributed by atoms with van der Waals surface area (Å²) in [5.41, 5.74) is -0.324. The second kappa shape index (κ2) is 13.6. The number of anilines is 2. The standard InChI is InChI=1S/C34H49N3O6/c1-7-11-14-22-42-32(41)28-27-30(39)37(20-12-13-21-38)29(34(27)23-24(5)33(28,6)43-34)31(40)36(19-8-2)26-17-15-25(16-18-26)35(9-3)10-4/h7-8,15-18,24,27-29,38H,1-2,9-14,19-23H2,3-6H3/t24?,27-,28-,29?,33+,34?/m0/s1. The average molecular weight is 596 g/mol. The number of aliphatic hydroxyl groups is 1. The number of hydrogen-bond acceptors (Lipinski definition) is 7. The molecule has 1 spiro atoms. The van der Waals surface area contributed by atoms with Gasteiger partial charge in [0.25, 0.3) is 5.91 Å². The Morgan fingerprint density at radius 1 is 1.12 bits per heavy atom. The number of benzene rings is 1. The predicted octanol–water partition coefficient (Wildman–Crippen LogP) is 4.34. The molecule has 3 aliphatic heterocycles. The SMILES string of the molecule is C=CCCCOC(=O)[C@@H]1[C@H]2C(=O)N(CCCCO)C(C(=O)N(CC=C)c3ccc(N(CC)CC)cc3)C23CC(C)[C@@]1(C)O3. The molecule has 3 saturated heterocycles. The van der Waals surface area contributed by atoms with Crippen molar-refractivity contribution in [1.82, 2.24) is 4.90 Å². The molecule has 9 heteroatoms. The van der Waals surface area contributed by atoms with E-state index < -0.39 is 35.0 Å². The van der Waals surface area contributed by atoms with Crippen LogP contribution in [0.25, 0.3) is 0 Å². The van der Waals surface area contributed by atoms with Crippen molar-refractivity contribution in [1.29, 1.82) is 0 Å². The maximum atomic E-state index is 14.7. The van der Waals surface area contributed by atoms with Crippen LogP contribution in [0.1, 0.15) is 59.8 Å². The number of carbonyl (C=O) groups excluding carboxylic acids is 3. The van der Waals surface area contributed by atoms with Crippen LogP contribution in [0.5, 0.6) is 0 Å². The first-order valence-corrected chi connectivity index (χ1v) is 15.8. The highest BCUT2D eigenvalue weighted by molar-refractivity contribution is 6.05. The fraction of sp³-hybridized carbons (Fsp3) is 0.618. The van der Waals surface area contributed by atoms with E-state index in [1.165, 1.54) is 0 Å². The number of likely N-dealkylation sites (tertiary alicyclic amines) is 1. The number of esters is 1. The molecule has 3 heterocycles. The van der Waals surface area contributed by atoms with Gasteiger partial charge in [-0.15, -0.1) is 13.2 Å². The zero-order chi connectivity index (χ0) is 31.4. The van der Waals surface area contributed by atoms with Crippen molar-refractivity contribution in [2.24, 2.45) is 17.8 Å². The number of fused-ring (bicyclic) bond motifs is 1. The highest BCUT2D eigenvalue weighted by atomic mass is 16.6. The number of hydrogen-bond donors (Lipinski definition) is 1. The Bertz CT molecular complexity index is 1180. The zero-order valence-corrected chi connectivity index (χ0v) is 26.3. The number of unbranched alkanes of at least 4 members (excludes halogenated alkanes) is 2. The maximum Gasteiger partial charge on any atom is 0.312 e. The number of aliphatic hydroxyl groups excluding tert-OH is 1. The van der Waals surface area contributed by atoms with Gasteiger partial charge in [0, 0.05) is 44.2 Å². The van der Waals surface area contributed by atoms with Crippen LogP contribution in [0.2, 0.25) is 0 Å². The summed E-state index contributed by atoms with van der Waals surface area (Å²) < 4.78 is 12.5. The molecule has 3 aliphatic rings. The monoisotopic (exact) mass is 595 g/mol. The van der Waals surface area contributed by atoms with E-state index in [1.54, 1.807) is 22.0 Å². The maximum absolute atomic E-state index is 14.7. The van der Waals surface area contributed by atoms with E-state index in [2.05, 4.69) is 31.9 Å². The molecule has 0 saturated carbocycles. The van der Waals surface area contributed by atoms with Gasteiger partial charge in [-0.2, -0.15) is 0 Å². The number of rotatable bonds is 16. The molecule has 1 aromatic carbocycles. The van der Waals surface area contributed by atoms with Crippen molar-refractivity contribution in [2.45, 2.75) is 77.0 Å². The summed E-state index contributed by atoms with van der Waals surface area (Å²) in [5.74, 6) is -2.67. The minimum absolute atomic E-state index is 0.0119. The first-order chi connectivity index (χ1) is 20.6. The van der Waals surface area contributed by atoms with Crippen LogP contribution in [0.3, 0.4) is 0 Å². The molecule has 2 bridgehead atoms. The van der Waals surface area contributed by atoms with Crippen molar-refractivity contribution in [3.63, 3.8) is 0 Å².